The normalized spacial score (nSPS) is 22.7. The van der Waals surface area contributed by atoms with Crippen LogP contribution in [0.1, 0.15) is 93.2 Å². The van der Waals surface area contributed by atoms with E-state index in [9.17, 15) is 19.5 Å². The molecule has 0 radical (unpaired) electrons. The predicted octanol–water partition coefficient (Wildman–Crippen LogP) is 6.57. The molecule has 4 aliphatic heterocycles. The number of piperidine rings is 2. The lowest BCUT2D eigenvalue weighted by atomic mass is 9.69. The van der Waals surface area contributed by atoms with Gasteiger partial charge in [0.1, 0.15) is 11.8 Å². The molecule has 3 N–H and O–H groups in total. The summed E-state index contributed by atoms with van der Waals surface area (Å²) < 4.78 is 0. The number of carbonyl (C=O) groups is 3. The molecule has 280 valence electrons. The Morgan fingerprint density at radius 3 is 2.25 bits per heavy atom. The Labute approximate surface area is 322 Å². The van der Waals surface area contributed by atoms with Crippen molar-refractivity contribution in [3.63, 3.8) is 0 Å². The van der Waals surface area contributed by atoms with Crippen molar-refractivity contribution < 1.29 is 19.5 Å². The van der Waals surface area contributed by atoms with Crippen molar-refractivity contribution in [2.24, 2.45) is 0 Å². The molecule has 9 rings (SSSR count). The van der Waals surface area contributed by atoms with Crippen molar-refractivity contribution in [3.05, 3.63) is 148 Å². The van der Waals surface area contributed by atoms with Gasteiger partial charge < -0.3 is 20.6 Å². The van der Waals surface area contributed by atoms with Crippen LogP contribution in [0.2, 0.25) is 0 Å². The predicted molar refractivity (Wildman–Crippen MR) is 213 cm³/mol. The number of fused-ring (bicyclic) bond motifs is 3. The van der Waals surface area contributed by atoms with Gasteiger partial charge in [-0.3, -0.25) is 24.2 Å². The first-order valence-corrected chi connectivity index (χ1v) is 19.6. The average molecular weight is 734 g/mol. The number of phenolic OH excluding ortho intramolecular Hbond substituents is 1. The summed E-state index contributed by atoms with van der Waals surface area (Å²) in [7, 11) is 0. The second kappa shape index (κ2) is 14.2. The molecule has 0 saturated carbocycles. The lowest BCUT2D eigenvalue weighted by Crippen LogP contribution is -2.49. The van der Waals surface area contributed by atoms with E-state index in [1.165, 1.54) is 27.9 Å². The van der Waals surface area contributed by atoms with Gasteiger partial charge in [-0.25, -0.2) is 0 Å². The summed E-state index contributed by atoms with van der Waals surface area (Å²) in [6.07, 6.45) is 4.90. The second-order valence-electron chi connectivity index (χ2n) is 15.9. The molecular weight excluding hydrogens is 687 g/mol. The van der Waals surface area contributed by atoms with Crippen LogP contribution in [0.3, 0.4) is 0 Å². The average Bonchev–Trinajstić information content (AvgIpc) is 3.69. The zero-order valence-electron chi connectivity index (χ0n) is 31.1. The van der Waals surface area contributed by atoms with Crippen molar-refractivity contribution >= 4 is 29.1 Å². The Morgan fingerprint density at radius 2 is 1.53 bits per heavy atom. The van der Waals surface area contributed by atoms with Gasteiger partial charge in [0.2, 0.25) is 11.8 Å². The van der Waals surface area contributed by atoms with Crippen LogP contribution in [-0.4, -0.2) is 64.3 Å². The third-order valence-electron chi connectivity index (χ3n) is 12.5. The van der Waals surface area contributed by atoms with E-state index in [0.29, 0.717) is 61.1 Å². The SMILES string of the molecule is C=C1CCC(N2C(=C)c3cc4c(cc3C2=O)CN(CC(=O)NC2CCN(c3ccc([C@@H]5c6ccc(O)cc6CC[C@@H]5c5ccccc5)cc3)CC2)C4)C(=O)N1. The fraction of sp³-hybridized carbons (Fsp3) is 0.326. The third kappa shape index (κ3) is 6.60. The summed E-state index contributed by atoms with van der Waals surface area (Å²) >= 11 is 0. The Morgan fingerprint density at radius 1 is 0.800 bits per heavy atom. The van der Waals surface area contributed by atoms with E-state index >= 15 is 0 Å². The van der Waals surface area contributed by atoms with E-state index in [2.05, 4.69) is 94.3 Å². The maximum Gasteiger partial charge on any atom is 0.259 e. The number of aromatic hydroxyl groups is 1. The Bertz CT molecular complexity index is 2160. The lowest BCUT2D eigenvalue weighted by molar-refractivity contribution is -0.125. The molecule has 3 amide bonds. The molecule has 9 heteroatoms. The van der Waals surface area contributed by atoms with Gasteiger partial charge in [0, 0.05) is 66.3 Å². The number of nitrogens with one attached hydrogen (secondary N) is 2. The lowest BCUT2D eigenvalue weighted by Gasteiger charge is -2.36. The van der Waals surface area contributed by atoms with Crippen molar-refractivity contribution in [2.45, 2.75) is 75.5 Å². The highest BCUT2D eigenvalue weighted by molar-refractivity contribution is 6.11. The summed E-state index contributed by atoms with van der Waals surface area (Å²) in [5, 5.41) is 16.3. The topological polar surface area (TPSA) is 105 Å². The first kappa shape index (κ1) is 35.1. The first-order valence-electron chi connectivity index (χ1n) is 19.6. The Kier molecular flexibility index (Phi) is 9.05. The molecule has 9 nitrogen and oxygen atoms in total. The van der Waals surface area contributed by atoms with Gasteiger partial charge in [-0.05, 0) is 114 Å². The zero-order valence-corrected chi connectivity index (χ0v) is 31.1. The highest BCUT2D eigenvalue weighted by Gasteiger charge is 2.42. The smallest absolute Gasteiger partial charge is 0.259 e. The van der Waals surface area contributed by atoms with Crippen LogP contribution in [0.4, 0.5) is 5.69 Å². The molecule has 5 aliphatic rings. The second-order valence-corrected chi connectivity index (χ2v) is 15.9. The number of benzene rings is 4. The van der Waals surface area contributed by atoms with Gasteiger partial charge in [0.05, 0.1) is 6.54 Å². The monoisotopic (exact) mass is 733 g/mol. The molecule has 3 atom stereocenters. The van der Waals surface area contributed by atoms with Crippen molar-refractivity contribution in [3.8, 4) is 5.75 Å². The number of allylic oxidation sites excluding steroid dienone is 1. The number of carbonyl (C=O) groups excluding carboxylic acids is 3. The van der Waals surface area contributed by atoms with Gasteiger partial charge in [-0.1, -0.05) is 61.7 Å². The number of hydrogen-bond acceptors (Lipinski definition) is 6. The number of rotatable bonds is 7. The molecule has 55 heavy (non-hydrogen) atoms. The molecular formula is C46H47N5O4. The van der Waals surface area contributed by atoms with Gasteiger partial charge in [-0.15, -0.1) is 0 Å². The number of anilines is 1. The quantitative estimate of drug-likeness (QED) is 0.199. The Balaban J connectivity index is 0.793. The molecule has 0 bridgehead atoms. The van der Waals surface area contributed by atoms with E-state index in [1.54, 1.807) is 4.90 Å². The van der Waals surface area contributed by atoms with Crippen LogP contribution in [0.5, 0.6) is 5.75 Å². The molecule has 2 fully saturated rings. The van der Waals surface area contributed by atoms with Crippen molar-refractivity contribution in [2.75, 3.05) is 24.5 Å². The van der Waals surface area contributed by atoms with Crippen molar-refractivity contribution in [1.82, 2.24) is 20.4 Å². The minimum Gasteiger partial charge on any atom is -0.508 e. The minimum atomic E-state index is -0.587. The summed E-state index contributed by atoms with van der Waals surface area (Å²) in [6, 6.07) is 29.2. The molecule has 0 spiro atoms. The number of phenols is 1. The van der Waals surface area contributed by atoms with Gasteiger partial charge in [-0.2, -0.15) is 0 Å². The molecule has 2 saturated heterocycles. The van der Waals surface area contributed by atoms with E-state index in [0.717, 1.165) is 55.5 Å². The van der Waals surface area contributed by atoms with Crippen LogP contribution in [0.15, 0.2) is 104 Å². The zero-order chi connectivity index (χ0) is 37.8. The molecule has 0 aromatic heterocycles. The van der Waals surface area contributed by atoms with Crippen LogP contribution in [-0.2, 0) is 29.1 Å². The molecule has 4 aromatic rings. The minimum absolute atomic E-state index is 0.0220. The summed E-state index contributed by atoms with van der Waals surface area (Å²) in [5.41, 5.74) is 11.1. The first-order chi connectivity index (χ1) is 26.7. The fourth-order valence-electron chi connectivity index (χ4n) is 9.70. The van der Waals surface area contributed by atoms with Crippen LogP contribution in [0, 0.1) is 0 Å². The number of aryl methyl sites for hydroxylation is 1. The van der Waals surface area contributed by atoms with Gasteiger partial charge in [0.15, 0.2) is 0 Å². The van der Waals surface area contributed by atoms with E-state index in [-0.39, 0.29) is 29.7 Å². The maximum atomic E-state index is 13.5. The maximum absolute atomic E-state index is 13.5. The number of hydrogen-bond donors (Lipinski definition) is 3. The largest absolute Gasteiger partial charge is 0.508 e. The van der Waals surface area contributed by atoms with E-state index < -0.39 is 6.04 Å². The fourth-order valence-corrected chi connectivity index (χ4v) is 9.70. The molecule has 1 unspecified atom stereocenters. The highest BCUT2D eigenvalue weighted by Crippen LogP contribution is 2.47. The summed E-state index contributed by atoms with van der Waals surface area (Å²) in [5.74, 6) is 0.527. The molecule has 4 heterocycles. The third-order valence-corrected chi connectivity index (χ3v) is 12.5. The van der Waals surface area contributed by atoms with E-state index in [1.807, 2.05) is 24.3 Å². The van der Waals surface area contributed by atoms with E-state index in [4.69, 9.17) is 0 Å². The van der Waals surface area contributed by atoms with Gasteiger partial charge >= 0.3 is 0 Å². The molecule has 1 aliphatic carbocycles. The number of amides is 3. The standard InChI is InChI=1S/C46H47N5O4/c1-28-8-17-42(45(54)47-28)51-29(2)40-23-33-25-49(26-34(33)24-41(40)46(51)55)27-43(53)48-35-18-20-50(21-19-35)36-12-9-31(10-13-36)44-38(30-6-4-3-5-7-30)15-11-32-22-37(52)14-16-39(32)44/h3-7,9-10,12-14,16,22-24,35,38,42,44,52H,1-2,8,11,15,17-21,25-27H2,(H,47,54)(H,48,53)/t38-,42?,44+/m1/s1. The summed E-state index contributed by atoms with van der Waals surface area (Å²) in [4.78, 5) is 45.5. The van der Waals surface area contributed by atoms with Crippen LogP contribution < -0.4 is 15.5 Å². The number of nitrogens with zero attached hydrogens (tertiary/aromatic N) is 3. The summed E-state index contributed by atoms with van der Waals surface area (Å²) in [6.45, 7) is 11.3. The highest BCUT2D eigenvalue weighted by atomic mass is 16.3. The van der Waals surface area contributed by atoms with Crippen LogP contribution in [0.25, 0.3) is 5.70 Å². The van der Waals surface area contributed by atoms with Gasteiger partial charge in [0.25, 0.3) is 5.91 Å². The van der Waals surface area contributed by atoms with Crippen molar-refractivity contribution in [1.29, 1.82) is 0 Å². The van der Waals surface area contributed by atoms with Crippen LogP contribution >= 0.6 is 0 Å². The Hall–Kier alpha value is -5.67. The molecule has 4 aromatic carbocycles.